The molecule has 0 aliphatic heterocycles. The highest BCUT2D eigenvalue weighted by atomic mass is 16.6. The summed E-state index contributed by atoms with van der Waals surface area (Å²) < 4.78 is 0. The molecule has 0 aliphatic rings. The van der Waals surface area contributed by atoms with Gasteiger partial charge in [0, 0.05) is 17.7 Å². The number of para-hydroxylation sites is 2. The van der Waals surface area contributed by atoms with Crippen LogP contribution in [0.2, 0.25) is 0 Å². The molecule has 0 bridgehead atoms. The maximum atomic E-state index is 10.9. The summed E-state index contributed by atoms with van der Waals surface area (Å²) in [5, 5.41) is 15.2. The third-order valence-corrected chi connectivity index (χ3v) is 4.35. The number of aromatic amines is 1. The Morgan fingerprint density at radius 2 is 1.90 bits per heavy atom. The molecule has 0 radical (unpaired) electrons. The number of nitro groups is 1. The number of rotatable bonds is 5. The minimum absolute atomic E-state index is 0.00443. The average molecular weight is 398 g/mol. The molecule has 0 atom stereocenters. The van der Waals surface area contributed by atoms with Gasteiger partial charge in [-0.3, -0.25) is 15.5 Å². The summed E-state index contributed by atoms with van der Waals surface area (Å²) in [7, 11) is 0. The molecule has 0 spiro atoms. The standard InChI is InChI=1S/C22H18N6O2/c1-15-9-11-17(12-10-15)24-22(21-25-19-7-2-3-8-20(19)26-21)27-23-14-16-5-4-6-18(13-16)28(29)30/h2-14H,1H3,(H,24,27)(H,25,26). The van der Waals surface area contributed by atoms with Crippen molar-refractivity contribution in [1.29, 1.82) is 0 Å². The van der Waals surface area contributed by atoms with Crippen LogP contribution in [0.1, 0.15) is 17.0 Å². The molecule has 0 fully saturated rings. The molecule has 4 rings (SSSR count). The van der Waals surface area contributed by atoms with Crippen molar-refractivity contribution in [1.82, 2.24) is 15.4 Å². The Labute approximate surface area is 172 Å². The van der Waals surface area contributed by atoms with E-state index in [0.29, 0.717) is 17.2 Å². The van der Waals surface area contributed by atoms with E-state index >= 15 is 0 Å². The number of nitrogens with one attached hydrogen (secondary N) is 2. The van der Waals surface area contributed by atoms with Crippen LogP contribution in [0.15, 0.2) is 82.9 Å². The number of aliphatic imine (C=N–C) groups is 1. The molecule has 8 heteroatoms. The van der Waals surface area contributed by atoms with Crippen LogP contribution in [0.3, 0.4) is 0 Å². The van der Waals surface area contributed by atoms with Gasteiger partial charge < -0.3 is 4.98 Å². The summed E-state index contributed by atoms with van der Waals surface area (Å²) >= 11 is 0. The molecule has 0 aliphatic carbocycles. The van der Waals surface area contributed by atoms with Crippen molar-refractivity contribution in [2.75, 3.05) is 0 Å². The summed E-state index contributed by atoms with van der Waals surface area (Å²) in [6.45, 7) is 2.01. The number of H-pyrrole nitrogens is 1. The quantitative estimate of drug-likeness (QED) is 0.223. The maximum Gasteiger partial charge on any atom is 0.270 e. The summed E-state index contributed by atoms with van der Waals surface area (Å²) in [4.78, 5) is 22.9. The highest BCUT2D eigenvalue weighted by Crippen LogP contribution is 2.16. The Bertz CT molecular complexity index is 1230. The normalized spacial score (nSPS) is 11.8. The molecule has 4 aromatic rings. The summed E-state index contributed by atoms with van der Waals surface area (Å²) in [5.41, 5.74) is 7.09. The van der Waals surface area contributed by atoms with Gasteiger partial charge in [-0.2, -0.15) is 5.10 Å². The van der Waals surface area contributed by atoms with Crippen LogP contribution in [-0.2, 0) is 0 Å². The second-order valence-corrected chi connectivity index (χ2v) is 6.62. The van der Waals surface area contributed by atoms with E-state index in [1.807, 2.05) is 55.5 Å². The van der Waals surface area contributed by atoms with Gasteiger partial charge in [0.1, 0.15) is 0 Å². The number of nitro benzene ring substituents is 1. The Morgan fingerprint density at radius 1 is 1.10 bits per heavy atom. The third-order valence-electron chi connectivity index (χ3n) is 4.35. The molecule has 148 valence electrons. The van der Waals surface area contributed by atoms with Crippen molar-refractivity contribution >= 4 is 34.5 Å². The van der Waals surface area contributed by atoms with Gasteiger partial charge in [0.05, 0.1) is 27.9 Å². The number of nitrogens with zero attached hydrogens (tertiary/aromatic N) is 4. The Morgan fingerprint density at radius 3 is 2.67 bits per heavy atom. The lowest BCUT2D eigenvalue weighted by Crippen LogP contribution is -2.20. The Hall–Kier alpha value is -4.33. The van der Waals surface area contributed by atoms with Crippen LogP contribution in [0, 0.1) is 17.0 Å². The molecule has 8 nitrogen and oxygen atoms in total. The van der Waals surface area contributed by atoms with E-state index in [-0.39, 0.29) is 5.69 Å². The highest BCUT2D eigenvalue weighted by molar-refractivity contribution is 6.00. The van der Waals surface area contributed by atoms with Gasteiger partial charge in [0.15, 0.2) is 11.7 Å². The predicted octanol–water partition coefficient (Wildman–Crippen LogP) is 4.48. The molecule has 1 heterocycles. The molecular formula is C22H18N6O2. The zero-order valence-electron chi connectivity index (χ0n) is 16.1. The topological polar surface area (TPSA) is 109 Å². The molecule has 0 amide bonds. The van der Waals surface area contributed by atoms with Crippen molar-refractivity contribution in [3.8, 4) is 0 Å². The molecular weight excluding hydrogens is 380 g/mol. The van der Waals surface area contributed by atoms with Crippen molar-refractivity contribution in [3.63, 3.8) is 0 Å². The lowest BCUT2D eigenvalue weighted by molar-refractivity contribution is -0.384. The first-order valence-electron chi connectivity index (χ1n) is 9.22. The first kappa shape index (κ1) is 19.0. The summed E-state index contributed by atoms with van der Waals surface area (Å²) in [6, 6.07) is 21.7. The van der Waals surface area contributed by atoms with E-state index in [9.17, 15) is 10.1 Å². The van der Waals surface area contributed by atoms with Crippen LogP contribution >= 0.6 is 0 Å². The summed E-state index contributed by atoms with van der Waals surface area (Å²) in [6.07, 6.45) is 1.50. The molecule has 3 aromatic carbocycles. The maximum absolute atomic E-state index is 10.9. The molecule has 30 heavy (non-hydrogen) atoms. The number of imidazole rings is 1. The Kier molecular flexibility index (Phi) is 5.29. The fourth-order valence-electron chi connectivity index (χ4n) is 2.83. The first-order chi connectivity index (χ1) is 14.6. The van der Waals surface area contributed by atoms with Crippen molar-refractivity contribution in [2.45, 2.75) is 6.92 Å². The van der Waals surface area contributed by atoms with Gasteiger partial charge in [0.25, 0.3) is 5.69 Å². The highest BCUT2D eigenvalue weighted by Gasteiger charge is 2.10. The fraction of sp³-hybridized carbons (Fsp3) is 0.0455. The zero-order chi connectivity index (χ0) is 20.9. The number of non-ortho nitro benzene ring substituents is 1. The lowest BCUT2D eigenvalue weighted by Gasteiger charge is -2.03. The summed E-state index contributed by atoms with van der Waals surface area (Å²) in [5.74, 6) is 0.963. The number of fused-ring (bicyclic) bond motifs is 1. The van der Waals surface area contributed by atoms with Crippen LogP contribution in [-0.4, -0.2) is 26.9 Å². The van der Waals surface area contributed by atoms with Crippen molar-refractivity contribution in [3.05, 3.63) is 99.9 Å². The molecule has 0 saturated heterocycles. The second-order valence-electron chi connectivity index (χ2n) is 6.62. The number of aromatic nitrogens is 2. The van der Waals surface area contributed by atoms with Crippen molar-refractivity contribution in [2.24, 2.45) is 10.1 Å². The van der Waals surface area contributed by atoms with E-state index in [1.54, 1.807) is 12.1 Å². The minimum atomic E-state index is -0.441. The van der Waals surface area contributed by atoms with Gasteiger partial charge in [0.2, 0.25) is 0 Å². The van der Waals surface area contributed by atoms with Gasteiger partial charge >= 0.3 is 0 Å². The number of hydrazone groups is 1. The van der Waals surface area contributed by atoms with Gasteiger partial charge in [-0.25, -0.2) is 9.98 Å². The fourth-order valence-corrected chi connectivity index (χ4v) is 2.83. The van der Waals surface area contributed by atoms with Crippen LogP contribution in [0.25, 0.3) is 11.0 Å². The molecule has 2 N–H and O–H groups in total. The number of hydrogen-bond donors (Lipinski definition) is 2. The smallest absolute Gasteiger partial charge is 0.270 e. The SMILES string of the molecule is Cc1ccc(N=C(NN=Cc2cccc([N+](=O)[O-])c2)c2nc3ccccc3[nH]2)cc1. The number of benzene rings is 3. The van der Waals surface area contributed by atoms with Crippen LogP contribution in [0.5, 0.6) is 0 Å². The van der Waals surface area contributed by atoms with E-state index < -0.39 is 4.92 Å². The van der Waals surface area contributed by atoms with E-state index in [4.69, 9.17) is 0 Å². The third kappa shape index (κ3) is 4.39. The zero-order valence-corrected chi connectivity index (χ0v) is 16.1. The molecule has 0 saturated carbocycles. The van der Waals surface area contributed by atoms with Gasteiger partial charge in [-0.05, 0) is 31.2 Å². The van der Waals surface area contributed by atoms with Crippen molar-refractivity contribution < 1.29 is 4.92 Å². The number of amidine groups is 1. The first-order valence-corrected chi connectivity index (χ1v) is 9.22. The van der Waals surface area contributed by atoms with E-state index in [1.165, 1.54) is 18.3 Å². The molecule has 0 unspecified atom stereocenters. The average Bonchev–Trinajstić information content (AvgIpc) is 3.19. The lowest BCUT2D eigenvalue weighted by atomic mass is 10.2. The number of aryl methyl sites for hydroxylation is 1. The minimum Gasteiger partial charge on any atom is -0.335 e. The van der Waals surface area contributed by atoms with Crippen LogP contribution in [0.4, 0.5) is 11.4 Å². The monoisotopic (exact) mass is 398 g/mol. The van der Waals surface area contributed by atoms with Crippen LogP contribution < -0.4 is 5.43 Å². The second kappa shape index (κ2) is 8.36. The largest absolute Gasteiger partial charge is 0.335 e. The van der Waals surface area contributed by atoms with E-state index in [2.05, 4.69) is 25.5 Å². The van der Waals surface area contributed by atoms with Gasteiger partial charge in [-0.1, -0.05) is 42.0 Å². The van der Waals surface area contributed by atoms with Gasteiger partial charge in [-0.15, -0.1) is 0 Å². The number of hydrogen-bond acceptors (Lipinski definition) is 5. The predicted molar refractivity (Wildman–Crippen MR) is 117 cm³/mol. The molecule has 1 aromatic heterocycles. The Balaban J connectivity index is 1.65. The van der Waals surface area contributed by atoms with E-state index in [0.717, 1.165) is 22.3 Å².